The zero-order chi connectivity index (χ0) is 12.8. The molecule has 0 amide bonds. The first-order valence-electron chi connectivity index (χ1n) is 5.59. The van der Waals surface area contributed by atoms with Crippen LogP contribution in [0.25, 0.3) is 0 Å². The minimum absolute atomic E-state index is 0.0364. The highest BCUT2D eigenvalue weighted by atomic mass is 32.1. The first-order chi connectivity index (χ1) is 8.06. The molecule has 0 heterocycles. The van der Waals surface area contributed by atoms with Crippen LogP contribution in [0.5, 0.6) is 0 Å². The number of aliphatic imine (C=N–C) groups is 1. The van der Waals surface area contributed by atoms with Crippen molar-refractivity contribution in [3.05, 3.63) is 29.3 Å². The molecule has 0 aliphatic heterocycles. The van der Waals surface area contributed by atoms with Crippen LogP contribution in [0, 0.1) is 0 Å². The number of hydrogen-bond donors (Lipinski definition) is 3. The van der Waals surface area contributed by atoms with Crippen LogP contribution in [-0.2, 0) is 12.8 Å². The molecule has 17 heavy (non-hydrogen) atoms. The molecule has 5 N–H and O–H groups in total. The van der Waals surface area contributed by atoms with Gasteiger partial charge in [-0.2, -0.15) is 4.99 Å². The van der Waals surface area contributed by atoms with Gasteiger partial charge in [-0.3, -0.25) is 0 Å². The number of benzene rings is 1. The molecular weight excluding hydrogens is 232 g/mol. The second-order valence-electron chi connectivity index (χ2n) is 3.67. The van der Waals surface area contributed by atoms with Gasteiger partial charge in [-0.05, 0) is 42.3 Å². The smallest absolute Gasteiger partial charge is 0.200 e. The monoisotopic (exact) mass is 250 g/mol. The minimum atomic E-state index is -0.0364. The third kappa shape index (κ3) is 4.03. The maximum atomic E-state index is 5.26. The Morgan fingerprint density at radius 2 is 2.00 bits per heavy atom. The maximum Gasteiger partial charge on any atom is 0.200 e. The minimum Gasteiger partial charge on any atom is -0.370 e. The number of guanidine groups is 1. The van der Waals surface area contributed by atoms with Gasteiger partial charge in [0.05, 0.1) is 0 Å². The molecule has 0 spiro atoms. The first-order valence-corrected chi connectivity index (χ1v) is 6.00. The van der Waals surface area contributed by atoms with Gasteiger partial charge < -0.3 is 16.8 Å². The van der Waals surface area contributed by atoms with Crippen molar-refractivity contribution >= 4 is 29.0 Å². The molecule has 0 aliphatic rings. The van der Waals surface area contributed by atoms with E-state index in [9.17, 15) is 0 Å². The van der Waals surface area contributed by atoms with Crippen molar-refractivity contribution in [2.75, 3.05) is 5.32 Å². The third-order valence-corrected chi connectivity index (χ3v) is 2.62. The Kier molecular flexibility index (Phi) is 4.90. The molecule has 0 aliphatic carbocycles. The highest BCUT2D eigenvalue weighted by Crippen LogP contribution is 2.19. The quantitative estimate of drug-likeness (QED) is 0.434. The summed E-state index contributed by atoms with van der Waals surface area (Å²) in [4.78, 5) is 3.78. The first kappa shape index (κ1) is 13.4. The Morgan fingerprint density at radius 3 is 2.53 bits per heavy atom. The predicted molar refractivity (Wildman–Crippen MR) is 77.2 cm³/mol. The number of hydrogen-bond acceptors (Lipinski definition) is 1. The average molecular weight is 250 g/mol. The topological polar surface area (TPSA) is 76.4 Å². The Morgan fingerprint density at radius 1 is 1.29 bits per heavy atom. The van der Waals surface area contributed by atoms with Gasteiger partial charge in [-0.25, -0.2) is 0 Å². The highest BCUT2D eigenvalue weighted by Gasteiger charge is 2.03. The fourth-order valence-corrected chi connectivity index (χ4v) is 1.76. The van der Waals surface area contributed by atoms with Crippen LogP contribution in [0.2, 0.25) is 0 Å². The van der Waals surface area contributed by atoms with Crippen molar-refractivity contribution in [1.82, 2.24) is 0 Å². The number of aryl methyl sites for hydroxylation is 2. The average Bonchev–Trinajstić information content (AvgIpc) is 2.28. The normalized spacial score (nSPS) is 9.76. The molecule has 0 bridgehead atoms. The molecule has 4 nitrogen and oxygen atoms in total. The summed E-state index contributed by atoms with van der Waals surface area (Å²) in [6.07, 6.45) is 1.95. The molecule has 0 saturated carbocycles. The van der Waals surface area contributed by atoms with Gasteiger partial charge in [0.15, 0.2) is 5.96 Å². The Hall–Kier alpha value is -1.62. The van der Waals surface area contributed by atoms with Crippen LogP contribution in [0.15, 0.2) is 23.2 Å². The van der Waals surface area contributed by atoms with Crippen LogP contribution in [-0.4, -0.2) is 11.1 Å². The second kappa shape index (κ2) is 6.20. The Balaban J connectivity index is 2.91. The van der Waals surface area contributed by atoms with Gasteiger partial charge in [0, 0.05) is 5.69 Å². The van der Waals surface area contributed by atoms with E-state index in [2.05, 4.69) is 36.3 Å². The van der Waals surface area contributed by atoms with E-state index in [0.29, 0.717) is 0 Å². The molecule has 0 fully saturated rings. The number of rotatable bonds is 3. The highest BCUT2D eigenvalue weighted by molar-refractivity contribution is 7.80. The number of anilines is 1. The lowest BCUT2D eigenvalue weighted by Crippen LogP contribution is -2.25. The van der Waals surface area contributed by atoms with Gasteiger partial charge >= 0.3 is 0 Å². The Bertz CT molecular complexity index is 436. The van der Waals surface area contributed by atoms with Gasteiger partial charge in [0.1, 0.15) is 0 Å². The van der Waals surface area contributed by atoms with E-state index < -0.39 is 0 Å². The van der Waals surface area contributed by atoms with Crippen molar-refractivity contribution in [2.24, 2.45) is 16.5 Å². The molecule has 1 aromatic carbocycles. The molecule has 0 saturated heterocycles. The van der Waals surface area contributed by atoms with E-state index in [4.69, 9.17) is 23.7 Å². The SMILES string of the molecule is CCc1ccc(NC(=S)N=C(N)N)c(CC)c1. The summed E-state index contributed by atoms with van der Waals surface area (Å²) in [6.45, 7) is 4.23. The van der Waals surface area contributed by atoms with E-state index in [1.807, 2.05) is 6.07 Å². The van der Waals surface area contributed by atoms with Crippen LogP contribution in [0.3, 0.4) is 0 Å². The van der Waals surface area contributed by atoms with Crippen molar-refractivity contribution in [3.63, 3.8) is 0 Å². The van der Waals surface area contributed by atoms with Crippen molar-refractivity contribution in [1.29, 1.82) is 0 Å². The zero-order valence-electron chi connectivity index (χ0n) is 10.2. The molecule has 0 radical (unpaired) electrons. The molecule has 0 atom stereocenters. The molecule has 0 aromatic heterocycles. The lowest BCUT2D eigenvalue weighted by molar-refractivity contribution is 1.09. The summed E-state index contributed by atoms with van der Waals surface area (Å²) in [5, 5.41) is 3.31. The molecule has 5 heteroatoms. The van der Waals surface area contributed by atoms with E-state index in [1.54, 1.807) is 0 Å². The summed E-state index contributed by atoms with van der Waals surface area (Å²) in [5.41, 5.74) is 14.0. The fourth-order valence-electron chi connectivity index (χ4n) is 1.54. The van der Waals surface area contributed by atoms with Gasteiger partial charge in [-0.1, -0.05) is 26.0 Å². The largest absolute Gasteiger partial charge is 0.370 e. The van der Waals surface area contributed by atoms with Crippen LogP contribution in [0.4, 0.5) is 5.69 Å². The third-order valence-electron chi connectivity index (χ3n) is 2.43. The van der Waals surface area contributed by atoms with Gasteiger partial charge in [0.25, 0.3) is 0 Å². The van der Waals surface area contributed by atoms with Crippen molar-refractivity contribution < 1.29 is 0 Å². The van der Waals surface area contributed by atoms with Crippen LogP contribution in [0.1, 0.15) is 25.0 Å². The lowest BCUT2D eigenvalue weighted by Gasteiger charge is -2.11. The summed E-state index contributed by atoms with van der Waals surface area (Å²) in [5.74, 6) is -0.0364. The van der Waals surface area contributed by atoms with Crippen LogP contribution >= 0.6 is 12.2 Å². The van der Waals surface area contributed by atoms with Crippen molar-refractivity contribution in [2.45, 2.75) is 26.7 Å². The summed E-state index contributed by atoms with van der Waals surface area (Å²) < 4.78 is 0. The number of nitrogens with two attached hydrogens (primary N) is 2. The van der Waals surface area contributed by atoms with E-state index in [1.165, 1.54) is 11.1 Å². The summed E-state index contributed by atoms with van der Waals surface area (Å²) >= 11 is 5.02. The lowest BCUT2D eigenvalue weighted by atomic mass is 10.0. The maximum absolute atomic E-state index is 5.26. The van der Waals surface area contributed by atoms with E-state index in [0.717, 1.165) is 18.5 Å². The molecule has 1 aromatic rings. The zero-order valence-corrected chi connectivity index (χ0v) is 11.0. The van der Waals surface area contributed by atoms with Crippen LogP contribution < -0.4 is 16.8 Å². The van der Waals surface area contributed by atoms with Gasteiger partial charge in [0.2, 0.25) is 5.11 Å². The van der Waals surface area contributed by atoms with Gasteiger partial charge in [-0.15, -0.1) is 0 Å². The number of thiocarbonyl (C=S) groups is 1. The molecule has 92 valence electrons. The standard InChI is InChI=1S/C12H18N4S/c1-3-8-5-6-10(9(4-2)7-8)15-12(17)16-11(13)14/h5-7H,3-4H2,1-2H3,(H5,13,14,15,16,17). The fraction of sp³-hybridized carbons (Fsp3) is 0.333. The second-order valence-corrected chi connectivity index (χ2v) is 4.05. The molecule has 1 rings (SSSR count). The summed E-state index contributed by atoms with van der Waals surface area (Å²) in [7, 11) is 0. The molecular formula is C12H18N4S. The number of nitrogens with zero attached hydrogens (tertiary/aromatic N) is 1. The van der Waals surface area contributed by atoms with Crippen molar-refractivity contribution in [3.8, 4) is 0 Å². The predicted octanol–water partition coefficient (Wildman–Crippen LogP) is 1.78. The van der Waals surface area contributed by atoms with E-state index in [-0.39, 0.29) is 11.1 Å². The Labute approximate surface area is 107 Å². The van der Waals surface area contributed by atoms with E-state index >= 15 is 0 Å². The number of nitrogens with one attached hydrogen (secondary N) is 1. The summed E-state index contributed by atoms with van der Waals surface area (Å²) in [6, 6.07) is 6.24. The molecule has 0 unspecified atom stereocenters.